The Morgan fingerprint density at radius 2 is 2.25 bits per heavy atom. The minimum absolute atomic E-state index is 0.863. The van der Waals surface area contributed by atoms with Gasteiger partial charge in [0.2, 0.25) is 0 Å². The molecule has 2 nitrogen and oxygen atoms in total. The van der Waals surface area contributed by atoms with E-state index in [-0.39, 0.29) is 0 Å². The number of benzene rings is 1. The largest absolute Gasteiger partial charge is 0.398 e. The van der Waals surface area contributed by atoms with Crippen molar-refractivity contribution in [2.45, 2.75) is 11.4 Å². The average molecular weight is 182 g/mol. The first-order valence-corrected chi connectivity index (χ1v) is 5.07. The molecule has 3 N–H and O–H groups in total. The first-order valence-electron chi connectivity index (χ1n) is 3.85. The maximum Gasteiger partial charge on any atom is 0.0452 e. The molecule has 0 aromatic heterocycles. The molecule has 0 saturated carbocycles. The summed E-state index contributed by atoms with van der Waals surface area (Å²) in [5.74, 6) is 0. The molecule has 3 heteroatoms. The van der Waals surface area contributed by atoms with Crippen LogP contribution in [0.5, 0.6) is 0 Å². The molecule has 0 spiro atoms. The summed E-state index contributed by atoms with van der Waals surface area (Å²) in [6.07, 6.45) is 2.04. The van der Waals surface area contributed by atoms with Gasteiger partial charge in [-0.15, -0.1) is 11.8 Å². The molecule has 0 radical (unpaired) electrons. The predicted molar refractivity (Wildman–Crippen MR) is 55.4 cm³/mol. The Labute approximate surface area is 77.5 Å². The zero-order valence-corrected chi connectivity index (χ0v) is 8.24. The van der Waals surface area contributed by atoms with E-state index in [0.29, 0.717) is 0 Å². The van der Waals surface area contributed by atoms with Gasteiger partial charge in [0.25, 0.3) is 0 Å². The molecule has 0 amide bonds. The monoisotopic (exact) mass is 182 g/mol. The van der Waals surface area contributed by atoms with Crippen LogP contribution < -0.4 is 11.1 Å². The molecule has 0 aliphatic rings. The molecule has 1 aromatic carbocycles. The molecular formula is C9H14N2S. The molecule has 0 unspecified atom stereocenters. The van der Waals surface area contributed by atoms with E-state index >= 15 is 0 Å². The maximum atomic E-state index is 5.75. The van der Waals surface area contributed by atoms with Gasteiger partial charge in [-0.25, -0.2) is 0 Å². The number of hydrogen-bond acceptors (Lipinski definition) is 3. The molecule has 0 saturated heterocycles. The van der Waals surface area contributed by atoms with Crippen LogP contribution in [-0.4, -0.2) is 13.3 Å². The van der Waals surface area contributed by atoms with E-state index < -0.39 is 0 Å². The van der Waals surface area contributed by atoms with E-state index in [1.54, 1.807) is 11.8 Å². The molecule has 0 atom stereocenters. The zero-order chi connectivity index (χ0) is 8.97. The molecule has 0 fully saturated rings. The molecular weight excluding hydrogens is 168 g/mol. The van der Waals surface area contributed by atoms with Crippen LogP contribution in [0.4, 0.5) is 5.69 Å². The van der Waals surface area contributed by atoms with E-state index in [4.69, 9.17) is 5.73 Å². The van der Waals surface area contributed by atoms with Gasteiger partial charge in [-0.2, -0.15) is 0 Å². The van der Waals surface area contributed by atoms with Gasteiger partial charge < -0.3 is 11.1 Å². The standard InChI is InChI=1S/C9H14N2S/c1-11-6-7-3-4-8(10)9(5-7)12-2/h3-5,11H,6,10H2,1-2H3. The highest BCUT2D eigenvalue weighted by molar-refractivity contribution is 7.98. The van der Waals surface area contributed by atoms with Crippen molar-refractivity contribution < 1.29 is 0 Å². The van der Waals surface area contributed by atoms with Gasteiger partial charge in [0.15, 0.2) is 0 Å². The lowest BCUT2D eigenvalue weighted by atomic mass is 10.2. The highest BCUT2D eigenvalue weighted by Gasteiger charge is 1.98. The Hall–Kier alpha value is -0.670. The van der Waals surface area contributed by atoms with E-state index in [1.807, 2.05) is 25.4 Å². The molecule has 0 aliphatic carbocycles. The number of rotatable bonds is 3. The van der Waals surface area contributed by atoms with Crippen LogP contribution in [0.15, 0.2) is 23.1 Å². The summed E-state index contributed by atoms with van der Waals surface area (Å²) in [5, 5.41) is 3.10. The van der Waals surface area contributed by atoms with Gasteiger partial charge in [-0.3, -0.25) is 0 Å². The van der Waals surface area contributed by atoms with E-state index in [1.165, 1.54) is 5.56 Å². The second-order valence-corrected chi connectivity index (χ2v) is 3.45. The number of anilines is 1. The number of nitrogens with two attached hydrogens (primary N) is 1. The third-order valence-corrected chi connectivity index (χ3v) is 2.47. The molecule has 0 bridgehead atoms. The van der Waals surface area contributed by atoms with Gasteiger partial charge >= 0.3 is 0 Å². The summed E-state index contributed by atoms with van der Waals surface area (Å²) in [4.78, 5) is 1.16. The second-order valence-electron chi connectivity index (χ2n) is 2.61. The van der Waals surface area contributed by atoms with Crippen LogP contribution >= 0.6 is 11.8 Å². The van der Waals surface area contributed by atoms with Crippen LogP contribution in [0, 0.1) is 0 Å². The Balaban J connectivity index is 2.89. The highest BCUT2D eigenvalue weighted by atomic mass is 32.2. The summed E-state index contributed by atoms with van der Waals surface area (Å²) in [6, 6.07) is 6.13. The van der Waals surface area contributed by atoms with E-state index in [0.717, 1.165) is 17.1 Å². The van der Waals surface area contributed by atoms with Crippen molar-refractivity contribution in [1.29, 1.82) is 0 Å². The molecule has 1 rings (SSSR count). The van der Waals surface area contributed by atoms with Crippen LogP contribution in [0.25, 0.3) is 0 Å². The normalized spacial score (nSPS) is 10.2. The van der Waals surface area contributed by atoms with Crippen molar-refractivity contribution in [1.82, 2.24) is 5.32 Å². The summed E-state index contributed by atoms with van der Waals surface area (Å²) >= 11 is 1.68. The number of hydrogen-bond donors (Lipinski definition) is 2. The third-order valence-electron chi connectivity index (χ3n) is 1.68. The fraction of sp³-hybridized carbons (Fsp3) is 0.333. The molecule has 12 heavy (non-hydrogen) atoms. The topological polar surface area (TPSA) is 38.0 Å². The van der Waals surface area contributed by atoms with Crippen molar-refractivity contribution in [3.63, 3.8) is 0 Å². The lowest BCUT2D eigenvalue weighted by molar-refractivity contribution is 0.816. The minimum Gasteiger partial charge on any atom is -0.398 e. The average Bonchev–Trinajstić information content (AvgIpc) is 2.09. The SMILES string of the molecule is CNCc1ccc(N)c(SC)c1. The van der Waals surface area contributed by atoms with Crippen LogP contribution in [0.3, 0.4) is 0 Å². The summed E-state index contributed by atoms with van der Waals surface area (Å²) in [6.45, 7) is 0.897. The minimum atomic E-state index is 0.863. The van der Waals surface area contributed by atoms with Crippen molar-refractivity contribution in [3.05, 3.63) is 23.8 Å². The van der Waals surface area contributed by atoms with Crippen LogP contribution in [0.2, 0.25) is 0 Å². The van der Waals surface area contributed by atoms with Crippen molar-refractivity contribution in [2.75, 3.05) is 19.0 Å². The van der Waals surface area contributed by atoms with E-state index in [2.05, 4.69) is 11.4 Å². The summed E-state index contributed by atoms with van der Waals surface area (Å²) < 4.78 is 0. The van der Waals surface area contributed by atoms with Crippen molar-refractivity contribution >= 4 is 17.4 Å². The van der Waals surface area contributed by atoms with E-state index in [9.17, 15) is 0 Å². The molecule has 66 valence electrons. The van der Waals surface area contributed by atoms with Gasteiger partial charge in [-0.05, 0) is 31.0 Å². The lowest BCUT2D eigenvalue weighted by Gasteiger charge is -2.05. The number of nitrogen functional groups attached to an aromatic ring is 1. The maximum absolute atomic E-state index is 5.75. The lowest BCUT2D eigenvalue weighted by Crippen LogP contribution is -2.05. The third kappa shape index (κ3) is 2.16. The van der Waals surface area contributed by atoms with Gasteiger partial charge in [0, 0.05) is 17.1 Å². The predicted octanol–water partition coefficient (Wildman–Crippen LogP) is 1.71. The summed E-state index contributed by atoms with van der Waals surface area (Å²) in [5.41, 5.74) is 7.89. The molecule has 0 aliphatic heterocycles. The van der Waals surface area contributed by atoms with Crippen LogP contribution in [-0.2, 0) is 6.54 Å². The first kappa shape index (κ1) is 9.42. The quantitative estimate of drug-likeness (QED) is 0.552. The Morgan fingerprint density at radius 3 is 2.83 bits per heavy atom. The smallest absolute Gasteiger partial charge is 0.0452 e. The van der Waals surface area contributed by atoms with Crippen molar-refractivity contribution in [3.8, 4) is 0 Å². The zero-order valence-electron chi connectivity index (χ0n) is 7.42. The molecule has 1 aromatic rings. The van der Waals surface area contributed by atoms with Gasteiger partial charge in [0.1, 0.15) is 0 Å². The van der Waals surface area contributed by atoms with Crippen molar-refractivity contribution in [2.24, 2.45) is 0 Å². The van der Waals surface area contributed by atoms with Crippen LogP contribution in [0.1, 0.15) is 5.56 Å². The van der Waals surface area contributed by atoms with Gasteiger partial charge in [0.05, 0.1) is 0 Å². The van der Waals surface area contributed by atoms with Gasteiger partial charge in [-0.1, -0.05) is 6.07 Å². The fourth-order valence-corrected chi connectivity index (χ4v) is 1.64. The first-order chi connectivity index (χ1) is 5.77. The number of thioether (sulfide) groups is 1. The number of nitrogens with one attached hydrogen (secondary N) is 1. The summed E-state index contributed by atoms with van der Waals surface area (Å²) in [7, 11) is 1.94. The fourth-order valence-electron chi connectivity index (χ4n) is 1.07. The molecule has 0 heterocycles. The second kappa shape index (κ2) is 4.38. The Kier molecular flexibility index (Phi) is 3.44. The Morgan fingerprint density at radius 1 is 1.50 bits per heavy atom. The highest BCUT2D eigenvalue weighted by Crippen LogP contribution is 2.23. The Bertz CT molecular complexity index is 261.